The molecule has 98 valence electrons. The van der Waals surface area contributed by atoms with Gasteiger partial charge in [0.2, 0.25) is 0 Å². The van der Waals surface area contributed by atoms with E-state index in [0.717, 1.165) is 12.0 Å². The molecule has 1 aliphatic rings. The van der Waals surface area contributed by atoms with Gasteiger partial charge in [0.15, 0.2) is 0 Å². The Morgan fingerprint density at radius 2 is 2.00 bits per heavy atom. The fourth-order valence-corrected chi connectivity index (χ4v) is 2.89. The molecule has 1 heterocycles. The van der Waals surface area contributed by atoms with Crippen molar-refractivity contribution in [2.75, 3.05) is 6.54 Å². The van der Waals surface area contributed by atoms with Gasteiger partial charge in [0.05, 0.1) is 4.90 Å². The number of benzene rings is 1. The number of fused-ring (bicyclic) bond motifs is 1. The zero-order valence-corrected chi connectivity index (χ0v) is 11.8. The zero-order chi connectivity index (χ0) is 13.5. The van der Waals surface area contributed by atoms with Crippen LogP contribution in [0.15, 0.2) is 23.1 Å². The normalized spacial score (nSPS) is 16.0. The molecule has 0 aliphatic carbocycles. The van der Waals surface area contributed by atoms with E-state index < -0.39 is 9.05 Å². The van der Waals surface area contributed by atoms with Gasteiger partial charge in [-0.25, -0.2) is 8.42 Å². The van der Waals surface area contributed by atoms with Crippen molar-refractivity contribution in [3.05, 3.63) is 29.3 Å². The summed E-state index contributed by atoms with van der Waals surface area (Å²) in [5.74, 6) is -0.131. The van der Waals surface area contributed by atoms with Crippen molar-refractivity contribution in [2.45, 2.75) is 31.2 Å². The van der Waals surface area contributed by atoms with Crippen LogP contribution in [-0.4, -0.2) is 31.8 Å². The van der Waals surface area contributed by atoms with Crippen LogP contribution in [0.4, 0.5) is 0 Å². The van der Waals surface area contributed by atoms with E-state index in [4.69, 9.17) is 10.7 Å². The van der Waals surface area contributed by atoms with Gasteiger partial charge in [0, 0.05) is 28.8 Å². The standard InChI is InChI=1S/C12H14ClNO3S/c1-8(2)14-6-5-9-3-4-10(18(13,16)17)7-11(9)12(14)15/h3-4,7-8H,5-6H2,1-2H3. The number of hydrogen-bond acceptors (Lipinski definition) is 3. The fourth-order valence-electron chi connectivity index (χ4n) is 2.11. The van der Waals surface area contributed by atoms with Gasteiger partial charge in [-0.05, 0) is 38.0 Å². The molecule has 1 aromatic rings. The maximum absolute atomic E-state index is 12.2. The smallest absolute Gasteiger partial charge is 0.261 e. The molecule has 0 radical (unpaired) electrons. The molecule has 0 atom stereocenters. The summed E-state index contributed by atoms with van der Waals surface area (Å²) in [6.45, 7) is 4.53. The molecule has 0 spiro atoms. The first kappa shape index (κ1) is 13.4. The number of nitrogens with zero attached hydrogens (tertiary/aromatic N) is 1. The van der Waals surface area contributed by atoms with Crippen molar-refractivity contribution in [1.82, 2.24) is 4.90 Å². The topological polar surface area (TPSA) is 54.5 Å². The molecule has 2 rings (SSSR count). The summed E-state index contributed by atoms with van der Waals surface area (Å²) in [6, 6.07) is 4.58. The molecule has 6 heteroatoms. The monoisotopic (exact) mass is 287 g/mol. The van der Waals surface area contributed by atoms with Crippen molar-refractivity contribution in [2.24, 2.45) is 0 Å². The SMILES string of the molecule is CC(C)N1CCc2ccc(S(=O)(=O)Cl)cc2C1=O. The number of hydrogen-bond donors (Lipinski definition) is 0. The summed E-state index contributed by atoms with van der Waals surface area (Å²) < 4.78 is 22.6. The summed E-state index contributed by atoms with van der Waals surface area (Å²) in [4.78, 5) is 13.9. The highest BCUT2D eigenvalue weighted by molar-refractivity contribution is 8.13. The van der Waals surface area contributed by atoms with E-state index in [9.17, 15) is 13.2 Å². The molecule has 0 unspecified atom stereocenters. The maximum atomic E-state index is 12.2. The van der Waals surface area contributed by atoms with Crippen molar-refractivity contribution < 1.29 is 13.2 Å². The first-order valence-electron chi connectivity index (χ1n) is 5.69. The van der Waals surface area contributed by atoms with Crippen LogP contribution in [-0.2, 0) is 15.5 Å². The third-order valence-electron chi connectivity index (χ3n) is 3.10. The lowest BCUT2D eigenvalue weighted by Crippen LogP contribution is -2.42. The van der Waals surface area contributed by atoms with E-state index in [2.05, 4.69) is 0 Å². The molecule has 1 aliphatic heterocycles. The summed E-state index contributed by atoms with van der Waals surface area (Å²) in [6.07, 6.45) is 0.738. The van der Waals surface area contributed by atoms with E-state index in [1.165, 1.54) is 12.1 Å². The van der Waals surface area contributed by atoms with Crippen LogP contribution < -0.4 is 0 Å². The Morgan fingerprint density at radius 1 is 1.33 bits per heavy atom. The summed E-state index contributed by atoms with van der Waals surface area (Å²) in [5.41, 5.74) is 1.32. The van der Waals surface area contributed by atoms with Gasteiger partial charge in [-0.2, -0.15) is 0 Å². The molecule has 4 nitrogen and oxygen atoms in total. The van der Waals surface area contributed by atoms with Gasteiger partial charge in [-0.1, -0.05) is 6.07 Å². The number of rotatable bonds is 2. The number of carbonyl (C=O) groups excluding carboxylic acids is 1. The Balaban J connectivity index is 2.50. The third-order valence-corrected chi connectivity index (χ3v) is 4.45. The van der Waals surface area contributed by atoms with Gasteiger partial charge >= 0.3 is 0 Å². The lowest BCUT2D eigenvalue weighted by molar-refractivity contribution is 0.0688. The molecule has 0 aromatic heterocycles. The number of carbonyl (C=O) groups is 1. The molecular formula is C12H14ClNO3S. The van der Waals surface area contributed by atoms with Crippen LogP contribution in [0.3, 0.4) is 0 Å². The Bertz CT molecular complexity index is 595. The van der Waals surface area contributed by atoms with E-state index in [0.29, 0.717) is 12.1 Å². The molecule has 0 saturated heterocycles. The van der Waals surface area contributed by atoms with Crippen molar-refractivity contribution in [3.63, 3.8) is 0 Å². The number of halogens is 1. The minimum atomic E-state index is -3.80. The van der Waals surface area contributed by atoms with Crippen molar-refractivity contribution >= 4 is 25.6 Å². The second kappa shape index (κ2) is 4.55. The van der Waals surface area contributed by atoms with Gasteiger partial charge in [-0.15, -0.1) is 0 Å². The maximum Gasteiger partial charge on any atom is 0.261 e. The van der Waals surface area contributed by atoms with Gasteiger partial charge < -0.3 is 4.90 Å². The Hall–Kier alpha value is -1.07. The molecule has 0 saturated carbocycles. The second-order valence-corrected chi connectivity index (χ2v) is 7.17. The van der Waals surface area contributed by atoms with Crippen LogP contribution in [0.1, 0.15) is 29.8 Å². The molecule has 0 bridgehead atoms. The molecule has 18 heavy (non-hydrogen) atoms. The average Bonchev–Trinajstić information content (AvgIpc) is 2.27. The van der Waals surface area contributed by atoms with Crippen LogP contribution in [0.25, 0.3) is 0 Å². The van der Waals surface area contributed by atoms with Crippen LogP contribution in [0.2, 0.25) is 0 Å². The van der Waals surface area contributed by atoms with E-state index >= 15 is 0 Å². The first-order valence-corrected chi connectivity index (χ1v) is 8.00. The highest BCUT2D eigenvalue weighted by Crippen LogP contribution is 2.25. The number of amides is 1. The zero-order valence-electron chi connectivity index (χ0n) is 10.2. The van der Waals surface area contributed by atoms with E-state index in [1.54, 1.807) is 11.0 Å². The fraction of sp³-hybridized carbons (Fsp3) is 0.417. The Labute approximate surface area is 111 Å². The van der Waals surface area contributed by atoms with Crippen molar-refractivity contribution in [1.29, 1.82) is 0 Å². The first-order chi connectivity index (χ1) is 8.30. The molecular weight excluding hydrogens is 274 g/mol. The minimum absolute atomic E-state index is 0.0260. The van der Waals surface area contributed by atoms with E-state index in [1.807, 2.05) is 13.8 Å². The van der Waals surface area contributed by atoms with Gasteiger partial charge in [0.25, 0.3) is 15.0 Å². The third kappa shape index (κ3) is 2.37. The van der Waals surface area contributed by atoms with Crippen LogP contribution >= 0.6 is 10.7 Å². The molecule has 1 amide bonds. The lowest BCUT2D eigenvalue weighted by Gasteiger charge is -2.31. The molecule has 0 N–H and O–H groups in total. The van der Waals surface area contributed by atoms with Crippen LogP contribution in [0.5, 0.6) is 0 Å². The highest BCUT2D eigenvalue weighted by atomic mass is 35.7. The minimum Gasteiger partial charge on any atom is -0.336 e. The average molecular weight is 288 g/mol. The summed E-state index contributed by atoms with van der Waals surface area (Å²) in [5, 5.41) is 0. The van der Waals surface area contributed by atoms with Gasteiger partial charge in [0.1, 0.15) is 0 Å². The van der Waals surface area contributed by atoms with E-state index in [-0.39, 0.29) is 16.8 Å². The van der Waals surface area contributed by atoms with Crippen molar-refractivity contribution in [3.8, 4) is 0 Å². The molecule has 1 aromatic carbocycles. The molecule has 0 fully saturated rings. The predicted octanol–water partition coefficient (Wildman–Crippen LogP) is 2.02. The summed E-state index contributed by atoms with van der Waals surface area (Å²) in [7, 11) is 1.50. The second-order valence-electron chi connectivity index (χ2n) is 4.60. The van der Waals surface area contributed by atoms with Gasteiger partial charge in [-0.3, -0.25) is 4.79 Å². The Kier molecular flexibility index (Phi) is 3.38. The highest BCUT2D eigenvalue weighted by Gasteiger charge is 2.27. The predicted molar refractivity (Wildman–Crippen MR) is 69.4 cm³/mol. The Morgan fingerprint density at radius 3 is 2.56 bits per heavy atom. The lowest BCUT2D eigenvalue weighted by atomic mass is 9.98. The largest absolute Gasteiger partial charge is 0.336 e. The quantitative estimate of drug-likeness (QED) is 0.782. The summed E-state index contributed by atoms with van der Waals surface area (Å²) >= 11 is 0. The van der Waals surface area contributed by atoms with Crippen LogP contribution in [0, 0.1) is 0 Å².